The van der Waals surface area contributed by atoms with Gasteiger partial charge in [-0.25, -0.2) is 0 Å². The fraction of sp³-hybridized carbons (Fsp3) is 0.455. The summed E-state index contributed by atoms with van der Waals surface area (Å²) in [7, 11) is 1.48. The Bertz CT molecular complexity index is 288. The summed E-state index contributed by atoms with van der Waals surface area (Å²) in [5, 5.41) is 0. The van der Waals surface area contributed by atoms with Gasteiger partial charge in [-0.3, -0.25) is 0 Å². The summed E-state index contributed by atoms with van der Waals surface area (Å²) >= 11 is 0. The topological polar surface area (TPSA) is 18.5 Å². The molecule has 4 heteroatoms. The second-order valence-corrected chi connectivity index (χ2v) is 2.51. The van der Waals surface area contributed by atoms with Gasteiger partial charge in [-0.05, 0) is 18.6 Å². The maximum absolute atomic E-state index is 11.8. The molecule has 0 bridgehead atoms. The zero-order valence-corrected chi connectivity index (χ0v) is 9.38. The number of rotatable bonds is 3. The molecule has 1 aromatic rings. The van der Waals surface area contributed by atoms with Crippen LogP contribution in [-0.2, 0) is 0 Å². The van der Waals surface area contributed by atoms with E-state index in [0.717, 1.165) is 5.56 Å². The Morgan fingerprint density at radius 2 is 1.80 bits per heavy atom. The van der Waals surface area contributed by atoms with E-state index >= 15 is 0 Å². The second kappa shape index (κ2) is 7.04. The predicted octanol–water partition coefficient (Wildman–Crippen LogP) is 3.63. The Kier molecular flexibility index (Phi) is 6.42. The molecule has 15 heavy (non-hydrogen) atoms. The van der Waals surface area contributed by atoms with E-state index in [1.54, 1.807) is 6.07 Å². The molecule has 0 N–H and O–H groups in total. The Balaban J connectivity index is 0.000000921. The van der Waals surface area contributed by atoms with Crippen molar-refractivity contribution in [2.75, 3.05) is 7.11 Å². The SMILES string of the molecule is CC.COc1cc(OC(F)F)ccc1C. The molecular formula is C11H16F2O2. The van der Waals surface area contributed by atoms with Crippen LogP contribution in [0, 0.1) is 6.92 Å². The average molecular weight is 218 g/mol. The molecule has 0 saturated carbocycles. The molecule has 1 rings (SSSR count). The van der Waals surface area contributed by atoms with E-state index in [-0.39, 0.29) is 5.75 Å². The van der Waals surface area contributed by atoms with Crippen molar-refractivity contribution in [1.29, 1.82) is 0 Å². The summed E-state index contributed by atoms with van der Waals surface area (Å²) in [6.45, 7) is 3.03. The average Bonchev–Trinajstić information content (AvgIpc) is 2.23. The first-order chi connectivity index (χ1) is 7.13. The van der Waals surface area contributed by atoms with Gasteiger partial charge in [0, 0.05) is 6.07 Å². The zero-order valence-electron chi connectivity index (χ0n) is 9.38. The summed E-state index contributed by atoms with van der Waals surface area (Å²) in [6, 6.07) is 4.57. The Morgan fingerprint density at radius 3 is 2.27 bits per heavy atom. The third kappa shape index (κ3) is 4.63. The quantitative estimate of drug-likeness (QED) is 0.771. The van der Waals surface area contributed by atoms with Crippen molar-refractivity contribution in [3.63, 3.8) is 0 Å². The monoisotopic (exact) mass is 218 g/mol. The Hall–Kier alpha value is -1.32. The maximum Gasteiger partial charge on any atom is 0.387 e. The summed E-state index contributed by atoms with van der Waals surface area (Å²) in [5.41, 5.74) is 0.879. The van der Waals surface area contributed by atoms with Gasteiger partial charge >= 0.3 is 6.61 Å². The molecule has 0 aromatic heterocycles. The van der Waals surface area contributed by atoms with Gasteiger partial charge in [-0.2, -0.15) is 8.78 Å². The van der Waals surface area contributed by atoms with Gasteiger partial charge in [0.05, 0.1) is 7.11 Å². The van der Waals surface area contributed by atoms with Crippen molar-refractivity contribution in [2.24, 2.45) is 0 Å². The van der Waals surface area contributed by atoms with Crippen LogP contribution in [0.25, 0.3) is 0 Å². The predicted molar refractivity (Wildman–Crippen MR) is 55.7 cm³/mol. The second-order valence-electron chi connectivity index (χ2n) is 2.51. The van der Waals surface area contributed by atoms with Crippen LogP contribution in [0.1, 0.15) is 19.4 Å². The fourth-order valence-corrected chi connectivity index (χ4v) is 0.977. The molecule has 0 heterocycles. The van der Waals surface area contributed by atoms with Gasteiger partial charge in [0.15, 0.2) is 0 Å². The van der Waals surface area contributed by atoms with Crippen LogP contribution < -0.4 is 9.47 Å². The van der Waals surface area contributed by atoms with Crippen LogP contribution in [0.5, 0.6) is 11.5 Å². The lowest BCUT2D eigenvalue weighted by Gasteiger charge is -2.08. The molecule has 0 unspecified atom stereocenters. The molecule has 0 aliphatic heterocycles. The van der Waals surface area contributed by atoms with Gasteiger partial charge in [-0.15, -0.1) is 0 Å². The van der Waals surface area contributed by atoms with E-state index in [2.05, 4.69) is 4.74 Å². The van der Waals surface area contributed by atoms with Crippen LogP contribution >= 0.6 is 0 Å². The molecule has 0 aliphatic rings. The van der Waals surface area contributed by atoms with E-state index in [4.69, 9.17) is 4.74 Å². The van der Waals surface area contributed by atoms with Gasteiger partial charge in [0.25, 0.3) is 0 Å². The highest BCUT2D eigenvalue weighted by Crippen LogP contribution is 2.24. The highest BCUT2D eigenvalue weighted by atomic mass is 19.3. The third-order valence-corrected chi connectivity index (χ3v) is 1.60. The lowest BCUT2D eigenvalue weighted by Crippen LogP contribution is -2.02. The zero-order chi connectivity index (χ0) is 11.8. The van der Waals surface area contributed by atoms with Crippen LogP contribution in [-0.4, -0.2) is 13.7 Å². The summed E-state index contributed by atoms with van der Waals surface area (Å²) in [5.74, 6) is 0.649. The molecule has 0 spiro atoms. The molecule has 0 atom stereocenters. The van der Waals surface area contributed by atoms with E-state index in [1.807, 2.05) is 20.8 Å². The Morgan fingerprint density at radius 1 is 1.20 bits per heavy atom. The van der Waals surface area contributed by atoms with Crippen LogP contribution in [0.4, 0.5) is 8.78 Å². The number of hydrogen-bond acceptors (Lipinski definition) is 2. The standard InChI is InChI=1S/C9H10F2O2.C2H6/c1-6-3-4-7(13-9(10)11)5-8(6)12-2;1-2/h3-5,9H,1-2H3;1-2H3. The summed E-state index contributed by atoms with van der Waals surface area (Å²) in [6.07, 6.45) is 0. The molecule has 0 radical (unpaired) electrons. The molecule has 86 valence electrons. The lowest BCUT2D eigenvalue weighted by atomic mass is 10.2. The van der Waals surface area contributed by atoms with Crippen LogP contribution in [0.2, 0.25) is 0 Å². The van der Waals surface area contributed by atoms with Crippen molar-refractivity contribution in [3.8, 4) is 11.5 Å². The number of halogens is 2. The number of alkyl halides is 2. The van der Waals surface area contributed by atoms with E-state index in [0.29, 0.717) is 5.75 Å². The fourth-order valence-electron chi connectivity index (χ4n) is 0.977. The first kappa shape index (κ1) is 13.7. The minimum absolute atomic E-state index is 0.109. The minimum Gasteiger partial charge on any atom is -0.496 e. The normalized spacial score (nSPS) is 9.27. The molecule has 2 nitrogen and oxygen atoms in total. The van der Waals surface area contributed by atoms with Crippen LogP contribution in [0.15, 0.2) is 18.2 Å². The first-order valence-electron chi connectivity index (χ1n) is 4.73. The van der Waals surface area contributed by atoms with Gasteiger partial charge in [0.2, 0.25) is 0 Å². The van der Waals surface area contributed by atoms with Crippen molar-refractivity contribution in [2.45, 2.75) is 27.4 Å². The number of methoxy groups -OCH3 is 1. The van der Waals surface area contributed by atoms with Crippen molar-refractivity contribution in [1.82, 2.24) is 0 Å². The number of ether oxygens (including phenoxy) is 2. The Labute approximate surface area is 88.8 Å². The van der Waals surface area contributed by atoms with Gasteiger partial charge < -0.3 is 9.47 Å². The van der Waals surface area contributed by atoms with E-state index < -0.39 is 6.61 Å². The van der Waals surface area contributed by atoms with E-state index in [1.165, 1.54) is 19.2 Å². The van der Waals surface area contributed by atoms with Crippen molar-refractivity contribution < 1.29 is 18.3 Å². The smallest absolute Gasteiger partial charge is 0.387 e. The molecule has 0 saturated heterocycles. The highest BCUT2D eigenvalue weighted by molar-refractivity contribution is 5.39. The molecular weight excluding hydrogens is 202 g/mol. The maximum atomic E-state index is 11.8. The summed E-state index contributed by atoms with van der Waals surface area (Å²) in [4.78, 5) is 0. The van der Waals surface area contributed by atoms with E-state index in [9.17, 15) is 8.78 Å². The first-order valence-corrected chi connectivity index (χ1v) is 4.73. The van der Waals surface area contributed by atoms with Gasteiger partial charge in [-0.1, -0.05) is 19.9 Å². The highest BCUT2D eigenvalue weighted by Gasteiger charge is 2.06. The summed E-state index contributed by atoms with van der Waals surface area (Å²) < 4.78 is 32.7. The molecule has 0 amide bonds. The molecule has 0 aliphatic carbocycles. The number of aryl methyl sites for hydroxylation is 1. The van der Waals surface area contributed by atoms with Crippen LogP contribution in [0.3, 0.4) is 0 Å². The molecule has 0 fully saturated rings. The minimum atomic E-state index is -2.80. The number of hydrogen-bond donors (Lipinski definition) is 0. The largest absolute Gasteiger partial charge is 0.496 e. The van der Waals surface area contributed by atoms with Crippen molar-refractivity contribution in [3.05, 3.63) is 23.8 Å². The lowest BCUT2D eigenvalue weighted by molar-refractivity contribution is -0.0499. The third-order valence-electron chi connectivity index (χ3n) is 1.60. The molecule has 1 aromatic carbocycles. The number of benzene rings is 1. The van der Waals surface area contributed by atoms with Crippen molar-refractivity contribution >= 4 is 0 Å². The van der Waals surface area contributed by atoms with Gasteiger partial charge in [0.1, 0.15) is 11.5 Å².